The lowest BCUT2D eigenvalue weighted by molar-refractivity contribution is 0.0500. The zero-order valence-corrected chi connectivity index (χ0v) is 18.1. The highest BCUT2D eigenvalue weighted by Gasteiger charge is 2.18. The van der Waals surface area contributed by atoms with E-state index in [1.165, 1.54) is 11.3 Å². The Hall–Kier alpha value is -3.18. The Kier molecular flexibility index (Phi) is 7.20. The fourth-order valence-electron chi connectivity index (χ4n) is 2.74. The molecule has 0 amide bonds. The van der Waals surface area contributed by atoms with Crippen molar-refractivity contribution < 1.29 is 14.3 Å². The summed E-state index contributed by atoms with van der Waals surface area (Å²) in [6.07, 6.45) is 6.03. The summed E-state index contributed by atoms with van der Waals surface area (Å²) in [4.78, 5) is 21.4. The zero-order valence-electron chi connectivity index (χ0n) is 17.3. The van der Waals surface area contributed by atoms with Gasteiger partial charge in [-0.15, -0.1) is 11.3 Å². The molecule has 1 aromatic carbocycles. The number of esters is 1. The summed E-state index contributed by atoms with van der Waals surface area (Å²) in [5.41, 5.74) is 1.84. The molecule has 7 nitrogen and oxygen atoms in total. The summed E-state index contributed by atoms with van der Waals surface area (Å²) in [5, 5.41) is 10.1. The van der Waals surface area contributed by atoms with Crippen LogP contribution in [0.1, 0.15) is 41.2 Å². The molecule has 2 heterocycles. The van der Waals surface area contributed by atoms with Crippen molar-refractivity contribution in [2.24, 2.45) is 5.92 Å². The SMILES string of the molecule is Cc1nc(-c2ccc(OCC(C)C)c(C#N)c2)sc1C(=O)OCCCn1ccnc1. The number of hydrogen-bond donors (Lipinski definition) is 0. The van der Waals surface area contributed by atoms with Gasteiger partial charge in [0.25, 0.3) is 0 Å². The summed E-state index contributed by atoms with van der Waals surface area (Å²) in [5.74, 6) is 0.548. The van der Waals surface area contributed by atoms with Gasteiger partial charge in [-0.3, -0.25) is 0 Å². The van der Waals surface area contributed by atoms with Crippen molar-refractivity contribution in [3.05, 3.63) is 53.1 Å². The van der Waals surface area contributed by atoms with E-state index in [2.05, 4.69) is 29.9 Å². The highest BCUT2D eigenvalue weighted by Crippen LogP contribution is 2.31. The van der Waals surface area contributed by atoms with Crippen molar-refractivity contribution >= 4 is 17.3 Å². The number of nitriles is 1. The second kappa shape index (κ2) is 10.0. The number of ether oxygens (including phenoxy) is 2. The predicted octanol–water partition coefficient (Wildman–Crippen LogP) is 4.47. The summed E-state index contributed by atoms with van der Waals surface area (Å²) in [7, 11) is 0. The van der Waals surface area contributed by atoms with E-state index in [0.29, 0.717) is 52.4 Å². The average molecular weight is 425 g/mol. The van der Waals surface area contributed by atoms with E-state index in [4.69, 9.17) is 9.47 Å². The molecule has 30 heavy (non-hydrogen) atoms. The van der Waals surface area contributed by atoms with E-state index in [1.54, 1.807) is 31.6 Å². The van der Waals surface area contributed by atoms with Crippen molar-refractivity contribution in [1.29, 1.82) is 5.26 Å². The Balaban J connectivity index is 1.66. The molecule has 0 aliphatic carbocycles. The Labute approximate surface area is 179 Å². The topological polar surface area (TPSA) is 90.0 Å². The highest BCUT2D eigenvalue weighted by atomic mass is 32.1. The molecule has 0 unspecified atom stereocenters. The molecular weight excluding hydrogens is 400 g/mol. The maximum Gasteiger partial charge on any atom is 0.350 e. The van der Waals surface area contributed by atoms with Gasteiger partial charge in [-0.1, -0.05) is 13.8 Å². The quantitative estimate of drug-likeness (QED) is 0.372. The van der Waals surface area contributed by atoms with Crippen LogP contribution in [0.3, 0.4) is 0 Å². The summed E-state index contributed by atoms with van der Waals surface area (Å²) < 4.78 is 13.0. The van der Waals surface area contributed by atoms with E-state index in [0.717, 1.165) is 12.1 Å². The minimum atomic E-state index is -0.376. The molecule has 0 saturated carbocycles. The van der Waals surface area contributed by atoms with Crippen LogP contribution < -0.4 is 4.74 Å². The minimum Gasteiger partial charge on any atom is -0.492 e. The zero-order chi connectivity index (χ0) is 21.5. The van der Waals surface area contributed by atoms with Crippen LogP contribution >= 0.6 is 11.3 Å². The second-order valence-corrected chi connectivity index (χ2v) is 8.25. The predicted molar refractivity (Wildman–Crippen MR) is 114 cm³/mol. The number of aryl methyl sites for hydroxylation is 2. The Bertz CT molecular complexity index is 1040. The first-order valence-corrected chi connectivity index (χ1v) is 10.6. The van der Waals surface area contributed by atoms with E-state index in [-0.39, 0.29) is 5.97 Å². The molecule has 0 N–H and O–H groups in total. The van der Waals surface area contributed by atoms with Gasteiger partial charge in [0.05, 0.1) is 30.8 Å². The molecule has 0 saturated heterocycles. The molecule has 156 valence electrons. The third kappa shape index (κ3) is 5.45. The number of thiazole rings is 1. The Morgan fingerprint density at radius 2 is 2.20 bits per heavy atom. The van der Waals surface area contributed by atoms with E-state index < -0.39 is 0 Å². The molecule has 3 rings (SSSR count). The molecule has 0 atom stereocenters. The standard InChI is InChI=1S/C22H24N4O3S/c1-15(2)13-29-19-6-5-17(11-18(19)12-23)21-25-16(3)20(30-21)22(27)28-10-4-8-26-9-7-24-14-26/h5-7,9,11,14-15H,4,8,10,13H2,1-3H3. The van der Waals surface area contributed by atoms with Crippen molar-refractivity contribution in [3.8, 4) is 22.4 Å². The molecule has 0 fully saturated rings. The normalized spacial score (nSPS) is 10.8. The van der Waals surface area contributed by atoms with Crippen molar-refractivity contribution in [2.45, 2.75) is 33.7 Å². The average Bonchev–Trinajstić information content (AvgIpc) is 3.39. The third-order valence-electron chi connectivity index (χ3n) is 4.25. The van der Waals surface area contributed by atoms with Gasteiger partial charge in [0.2, 0.25) is 0 Å². The number of benzene rings is 1. The summed E-state index contributed by atoms with van der Waals surface area (Å²) >= 11 is 1.27. The van der Waals surface area contributed by atoms with Crippen molar-refractivity contribution in [3.63, 3.8) is 0 Å². The third-order valence-corrected chi connectivity index (χ3v) is 5.44. The first-order valence-electron chi connectivity index (χ1n) is 9.75. The number of aromatic nitrogens is 3. The van der Waals surface area contributed by atoms with Gasteiger partial charge in [0.1, 0.15) is 21.7 Å². The first-order chi connectivity index (χ1) is 14.5. The molecule has 0 bridgehead atoms. The highest BCUT2D eigenvalue weighted by molar-refractivity contribution is 7.17. The van der Waals surface area contributed by atoms with Crippen molar-refractivity contribution in [2.75, 3.05) is 13.2 Å². The number of hydrogen-bond acceptors (Lipinski definition) is 7. The van der Waals surface area contributed by atoms with Crippen LogP contribution in [-0.4, -0.2) is 33.7 Å². The fraction of sp³-hybridized carbons (Fsp3) is 0.364. The van der Waals surface area contributed by atoms with Crippen LogP contribution in [0.2, 0.25) is 0 Å². The lowest BCUT2D eigenvalue weighted by Gasteiger charge is -2.10. The molecule has 0 spiro atoms. The lowest BCUT2D eigenvalue weighted by atomic mass is 10.1. The summed E-state index contributed by atoms with van der Waals surface area (Å²) in [6, 6.07) is 7.55. The van der Waals surface area contributed by atoms with Crippen LogP contribution in [0.25, 0.3) is 10.6 Å². The first kappa shape index (κ1) is 21.5. The van der Waals surface area contributed by atoms with Crippen LogP contribution in [0.5, 0.6) is 5.75 Å². The molecule has 2 aromatic heterocycles. The van der Waals surface area contributed by atoms with Crippen LogP contribution in [0, 0.1) is 24.2 Å². The van der Waals surface area contributed by atoms with Gasteiger partial charge in [-0.25, -0.2) is 14.8 Å². The van der Waals surface area contributed by atoms with Gasteiger partial charge in [0.15, 0.2) is 0 Å². The number of carbonyl (C=O) groups excluding carboxylic acids is 1. The van der Waals surface area contributed by atoms with Gasteiger partial charge in [-0.05, 0) is 37.5 Å². The number of rotatable bonds is 9. The Morgan fingerprint density at radius 3 is 2.90 bits per heavy atom. The smallest absolute Gasteiger partial charge is 0.350 e. The van der Waals surface area contributed by atoms with E-state index in [9.17, 15) is 10.1 Å². The molecular formula is C22H24N4O3S. The maximum atomic E-state index is 12.5. The molecule has 8 heteroatoms. The van der Waals surface area contributed by atoms with Gasteiger partial charge in [-0.2, -0.15) is 5.26 Å². The molecule has 3 aromatic rings. The molecule has 0 aliphatic heterocycles. The minimum absolute atomic E-state index is 0.324. The van der Waals surface area contributed by atoms with Gasteiger partial charge in [0, 0.05) is 24.5 Å². The number of nitrogens with zero attached hydrogens (tertiary/aromatic N) is 4. The fourth-order valence-corrected chi connectivity index (χ4v) is 3.69. The van der Waals surface area contributed by atoms with Crippen LogP contribution in [0.15, 0.2) is 36.9 Å². The van der Waals surface area contributed by atoms with Crippen LogP contribution in [0.4, 0.5) is 0 Å². The molecule has 0 radical (unpaired) electrons. The maximum absolute atomic E-state index is 12.5. The Morgan fingerprint density at radius 1 is 1.37 bits per heavy atom. The largest absolute Gasteiger partial charge is 0.492 e. The second-order valence-electron chi connectivity index (χ2n) is 7.25. The van der Waals surface area contributed by atoms with Crippen LogP contribution in [-0.2, 0) is 11.3 Å². The number of carbonyl (C=O) groups is 1. The lowest BCUT2D eigenvalue weighted by Crippen LogP contribution is -2.08. The number of imidazole rings is 1. The van der Waals surface area contributed by atoms with Crippen molar-refractivity contribution in [1.82, 2.24) is 14.5 Å². The van der Waals surface area contributed by atoms with Gasteiger partial charge >= 0.3 is 5.97 Å². The van der Waals surface area contributed by atoms with Gasteiger partial charge < -0.3 is 14.0 Å². The van der Waals surface area contributed by atoms with E-state index >= 15 is 0 Å². The molecule has 0 aliphatic rings. The van der Waals surface area contributed by atoms with E-state index in [1.807, 2.05) is 16.8 Å². The summed E-state index contributed by atoms with van der Waals surface area (Å²) in [6.45, 7) is 7.50. The monoisotopic (exact) mass is 424 g/mol.